The first-order valence-corrected chi connectivity index (χ1v) is 6.64. The third kappa shape index (κ3) is 3.03. The second kappa shape index (κ2) is 5.10. The van der Waals surface area contributed by atoms with E-state index >= 15 is 0 Å². The van der Waals surface area contributed by atoms with Crippen LogP contribution in [0.1, 0.15) is 24.6 Å². The van der Waals surface area contributed by atoms with Crippen molar-refractivity contribution >= 4 is 11.3 Å². The van der Waals surface area contributed by atoms with Crippen molar-refractivity contribution in [2.45, 2.75) is 32.4 Å². The smallest absolute Gasteiger partial charge is 0.0327 e. The first-order chi connectivity index (χ1) is 7.25. The number of nitrogens with zero attached hydrogens (tertiary/aromatic N) is 1. The van der Waals surface area contributed by atoms with Crippen molar-refractivity contribution in [2.75, 3.05) is 13.1 Å². The number of hydrogen-bond donors (Lipinski definition) is 1. The summed E-state index contributed by atoms with van der Waals surface area (Å²) in [4.78, 5) is 4.03. The number of likely N-dealkylation sites (tertiary alicyclic amines) is 1. The van der Waals surface area contributed by atoms with Crippen molar-refractivity contribution in [3.05, 3.63) is 22.4 Å². The highest BCUT2D eigenvalue weighted by molar-refractivity contribution is 7.09. The first kappa shape index (κ1) is 11.1. The minimum absolute atomic E-state index is 0.369. The molecule has 0 amide bonds. The van der Waals surface area contributed by atoms with Gasteiger partial charge in [-0.3, -0.25) is 4.90 Å². The van der Waals surface area contributed by atoms with Crippen LogP contribution >= 0.6 is 11.3 Å². The van der Waals surface area contributed by atoms with Gasteiger partial charge in [0, 0.05) is 17.5 Å². The van der Waals surface area contributed by atoms with Gasteiger partial charge in [0.2, 0.25) is 0 Å². The van der Waals surface area contributed by atoms with E-state index in [4.69, 9.17) is 5.73 Å². The van der Waals surface area contributed by atoms with Crippen molar-refractivity contribution in [1.82, 2.24) is 4.90 Å². The molecule has 1 aliphatic heterocycles. The van der Waals surface area contributed by atoms with Gasteiger partial charge in [-0.2, -0.15) is 0 Å². The molecule has 84 valence electrons. The minimum atomic E-state index is 0.369. The normalized spacial score (nSPS) is 21.7. The van der Waals surface area contributed by atoms with Crippen LogP contribution in [0.3, 0.4) is 0 Å². The summed E-state index contributed by atoms with van der Waals surface area (Å²) >= 11 is 1.86. The summed E-state index contributed by atoms with van der Waals surface area (Å²) in [6.45, 7) is 5.69. The van der Waals surface area contributed by atoms with Crippen LogP contribution in [0.15, 0.2) is 17.5 Å². The Kier molecular flexibility index (Phi) is 3.78. The lowest BCUT2D eigenvalue weighted by molar-refractivity contribution is 0.167. The Hall–Kier alpha value is -0.380. The molecule has 0 saturated carbocycles. The third-order valence-corrected chi connectivity index (χ3v) is 4.20. The fraction of sp³-hybridized carbons (Fsp3) is 0.667. The molecule has 1 saturated heterocycles. The second-order valence-electron chi connectivity index (χ2n) is 4.55. The SMILES string of the molecule is CC(N)C1CCN(Cc2cccs2)CC1. The Bertz CT molecular complexity index is 274. The molecule has 3 heteroatoms. The van der Waals surface area contributed by atoms with E-state index in [-0.39, 0.29) is 0 Å². The fourth-order valence-corrected chi connectivity index (χ4v) is 3.01. The summed E-state index contributed by atoms with van der Waals surface area (Å²) in [5.41, 5.74) is 5.93. The largest absolute Gasteiger partial charge is 0.328 e. The number of nitrogens with two attached hydrogens (primary N) is 1. The molecule has 1 aromatic rings. The molecule has 1 unspecified atom stereocenters. The molecule has 0 radical (unpaired) electrons. The van der Waals surface area contributed by atoms with E-state index in [1.165, 1.54) is 30.8 Å². The molecule has 2 rings (SSSR count). The lowest BCUT2D eigenvalue weighted by Crippen LogP contribution is -2.39. The number of hydrogen-bond acceptors (Lipinski definition) is 3. The maximum atomic E-state index is 5.93. The van der Waals surface area contributed by atoms with Gasteiger partial charge in [-0.15, -0.1) is 11.3 Å². The Morgan fingerprint density at radius 2 is 2.27 bits per heavy atom. The van der Waals surface area contributed by atoms with E-state index in [9.17, 15) is 0 Å². The molecular weight excluding hydrogens is 204 g/mol. The predicted octanol–water partition coefficient (Wildman–Crippen LogP) is 2.31. The number of piperidine rings is 1. The van der Waals surface area contributed by atoms with Crippen LogP contribution in [0.5, 0.6) is 0 Å². The summed E-state index contributed by atoms with van der Waals surface area (Å²) in [5, 5.41) is 2.16. The van der Waals surface area contributed by atoms with E-state index in [1.807, 2.05) is 11.3 Å². The van der Waals surface area contributed by atoms with Gasteiger partial charge in [0.25, 0.3) is 0 Å². The molecule has 2 heterocycles. The van der Waals surface area contributed by atoms with Crippen LogP contribution in [0.2, 0.25) is 0 Å². The number of thiophene rings is 1. The van der Waals surface area contributed by atoms with Gasteiger partial charge < -0.3 is 5.73 Å². The first-order valence-electron chi connectivity index (χ1n) is 5.76. The summed E-state index contributed by atoms with van der Waals surface area (Å²) in [6.07, 6.45) is 2.53. The summed E-state index contributed by atoms with van der Waals surface area (Å²) in [6, 6.07) is 4.73. The maximum absolute atomic E-state index is 5.93. The molecule has 2 N–H and O–H groups in total. The van der Waals surface area contributed by atoms with Gasteiger partial charge in [0.05, 0.1) is 0 Å². The topological polar surface area (TPSA) is 29.3 Å². The van der Waals surface area contributed by atoms with Crippen LogP contribution in [0.25, 0.3) is 0 Å². The zero-order chi connectivity index (χ0) is 10.7. The standard InChI is InChI=1S/C12H20N2S/c1-10(13)11-4-6-14(7-5-11)9-12-3-2-8-15-12/h2-3,8,10-11H,4-7,9,13H2,1H3. The molecule has 0 spiro atoms. The van der Waals surface area contributed by atoms with Gasteiger partial charge >= 0.3 is 0 Å². The predicted molar refractivity (Wildman–Crippen MR) is 66.0 cm³/mol. The Labute approximate surface area is 96.1 Å². The van der Waals surface area contributed by atoms with Crippen LogP contribution < -0.4 is 5.73 Å². The molecule has 0 aromatic carbocycles. The van der Waals surface area contributed by atoms with Crippen LogP contribution in [0.4, 0.5) is 0 Å². The molecule has 0 bridgehead atoms. The zero-order valence-electron chi connectivity index (χ0n) is 9.36. The average molecular weight is 224 g/mol. The van der Waals surface area contributed by atoms with Crippen LogP contribution in [-0.2, 0) is 6.54 Å². The van der Waals surface area contributed by atoms with Gasteiger partial charge in [-0.25, -0.2) is 0 Å². The molecule has 15 heavy (non-hydrogen) atoms. The van der Waals surface area contributed by atoms with Crippen LogP contribution in [-0.4, -0.2) is 24.0 Å². The van der Waals surface area contributed by atoms with Gasteiger partial charge in [-0.05, 0) is 50.2 Å². The molecule has 1 atom stereocenters. The van der Waals surface area contributed by atoms with E-state index < -0.39 is 0 Å². The van der Waals surface area contributed by atoms with E-state index in [1.54, 1.807) is 0 Å². The third-order valence-electron chi connectivity index (χ3n) is 3.34. The second-order valence-corrected chi connectivity index (χ2v) is 5.58. The molecule has 2 nitrogen and oxygen atoms in total. The molecule has 0 aliphatic carbocycles. The fourth-order valence-electron chi connectivity index (χ4n) is 2.26. The lowest BCUT2D eigenvalue weighted by Gasteiger charge is -2.33. The highest BCUT2D eigenvalue weighted by atomic mass is 32.1. The number of rotatable bonds is 3. The zero-order valence-corrected chi connectivity index (χ0v) is 10.2. The minimum Gasteiger partial charge on any atom is -0.328 e. The summed E-state index contributed by atoms with van der Waals surface area (Å²) < 4.78 is 0. The Balaban J connectivity index is 1.79. The van der Waals surface area contributed by atoms with Crippen molar-refractivity contribution in [3.8, 4) is 0 Å². The van der Waals surface area contributed by atoms with Crippen molar-refractivity contribution in [1.29, 1.82) is 0 Å². The van der Waals surface area contributed by atoms with Crippen molar-refractivity contribution in [2.24, 2.45) is 11.7 Å². The lowest BCUT2D eigenvalue weighted by atomic mass is 9.91. The molecule has 1 aromatic heterocycles. The Morgan fingerprint density at radius 3 is 2.80 bits per heavy atom. The van der Waals surface area contributed by atoms with Crippen molar-refractivity contribution < 1.29 is 0 Å². The van der Waals surface area contributed by atoms with Crippen molar-refractivity contribution in [3.63, 3.8) is 0 Å². The summed E-state index contributed by atoms with van der Waals surface area (Å²) in [7, 11) is 0. The molecule has 1 aliphatic rings. The van der Waals surface area contributed by atoms with Gasteiger partial charge in [0.15, 0.2) is 0 Å². The van der Waals surface area contributed by atoms with Gasteiger partial charge in [0.1, 0.15) is 0 Å². The Morgan fingerprint density at radius 1 is 1.53 bits per heavy atom. The summed E-state index contributed by atoms with van der Waals surface area (Å²) in [5.74, 6) is 0.740. The maximum Gasteiger partial charge on any atom is 0.0327 e. The van der Waals surface area contributed by atoms with E-state index in [0.29, 0.717) is 6.04 Å². The highest BCUT2D eigenvalue weighted by Crippen LogP contribution is 2.21. The molecular formula is C12H20N2S. The molecule has 1 fully saturated rings. The van der Waals surface area contributed by atoms with E-state index in [2.05, 4.69) is 29.3 Å². The highest BCUT2D eigenvalue weighted by Gasteiger charge is 2.21. The van der Waals surface area contributed by atoms with Crippen LogP contribution in [0, 0.1) is 5.92 Å². The average Bonchev–Trinajstić information content (AvgIpc) is 2.71. The quantitative estimate of drug-likeness (QED) is 0.853. The monoisotopic (exact) mass is 224 g/mol. The van der Waals surface area contributed by atoms with Gasteiger partial charge in [-0.1, -0.05) is 6.07 Å². The van der Waals surface area contributed by atoms with E-state index in [0.717, 1.165) is 12.5 Å².